The molecule has 0 saturated carbocycles. The third-order valence-electron chi connectivity index (χ3n) is 4.55. The largest absolute Gasteiger partial charge is 0.497 e. The highest BCUT2D eigenvalue weighted by molar-refractivity contribution is 6.30. The number of methoxy groups -OCH3 is 3. The molecule has 2 aromatic carbocycles. The quantitative estimate of drug-likeness (QED) is 0.535. The van der Waals surface area contributed by atoms with E-state index in [9.17, 15) is 9.59 Å². The van der Waals surface area contributed by atoms with Crippen molar-refractivity contribution in [1.82, 2.24) is 15.1 Å². The lowest BCUT2D eigenvalue weighted by molar-refractivity contribution is -0.141. The summed E-state index contributed by atoms with van der Waals surface area (Å²) in [6, 6.07) is 14.0. The second kappa shape index (κ2) is 9.99. The van der Waals surface area contributed by atoms with Crippen LogP contribution < -0.4 is 9.47 Å². The summed E-state index contributed by atoms with van der Waals surface area (Å²) in [5, 5.41) is 7.51. The highest BCUT2D eigenvalue weighted by Crippen LogP contribution is 2.25. The summed E-state index contributed by atoms with van der Waals surface area (Å²) in [7, 11) is 4.35. The van der Waals surface area contributed by atoms with Crippen LogP contribution in [0.2, 0.25) is 5.02 Å². The summed E-state index contributed by atoms with van der Waals surface area (Å²) >= 11 is 6.04. The molecule has 31 heavy (non-hydrogen) atoms. The number of nitrogens with zero attached hydrogens (tertiary/aromatic N) is 2. The molecule has 8 nitrogen and oxygen atoms in total. The second-order valence-electron chi connectivity index (χ2n) is 6.64. The molecule has 0 bridgehead atoms. The molecule has 0 aliphatic carbocycles. The summed E-state index contributed by atoms with van der Waals surface area (Å²) in [6.45, 7) is -0.104. The van der Waals surface area contributed by atoms with E-state index in [1.165, 1.54) is 26.2 Å². The fourth-order valence-corrected chi connectivity index (χ4v) is 3.19. The van der Waals surface area contributed by atoms with Crippen LogP contribution in [-0.4, -0.2) is 54.8 Å². The third kappa shape index (κ3) is 5.55. The molecule has 0 saturated heterocycles. The Kier molecular flexibility index (Phi) is 7.15. The number of hydrogen-bond donors (Lipinski definition) is 1. The molecule has 0 aliphatic rings. The van der Waals surface area contributed by atoms with Crippen molar-refractivity contribution in [2.75, 3.05) is 27.9 Å². The van der Waals surface area contributed by atoms with Crippen LogP contribution in [0, 0.1) is 0 Å². The van der Waals surface area contributed by atoms with Crippen LogP contribution in [0.1, 0.15) is 16.1 Å². The minimum absolute atomic E-state index is 0.132. The monoisotopic (exact) mass is 443 g/mol. The van der Waals surface area contributed by atoms with Crippen LogP contribution in [0.15, 0.2) is 48.5 Å². The van der Waals surface area contributed by atoms with Gasteiger partial charge in [-0.05, 0) is 35.9 Å². The number of H-pyrrole nitrogens is 1. The Morgan fingerprint density at radius 2 is 1.74 bits per heavy atom. The van der Waals surface area contributed by atoms with Crippen molar-refractivity contribution >= 4 is 23.5 Å². The number of halogens is 1. The second-order valence-corrected chi connectivity index (χ2v) is 7.07. The number of carbonyl (C=O) groups is 2. The molecule has 162 valence electrons. The maximum atomic E-state index is 13.2. The predicted octanol–water partition coefficient (Wildman–Crippen LogP) is 3.56. The molecule has 1 N–H and O–H groups in total. The van der Waals surface area contributed by atoms with E-state index in [1.54, 1.807) is 42.5 Å². The van der Waals surface area contributed by atoms with Crippen LogP contribution in [0.3, 0.4) is 0 Å². The zero-order chi connectivity index (χ0) is 22.4. The summed E-state index contributed by atoms with van der Waals surface area (Å²) in [5.41, 5.74) is 2.28. The Hall–Kier alpha value is -3.52. The van der Waals surface area contributed by atoms with Crippen molar-refractivity contribution in [2.24, 2.45) is 0 Å². The summed E-state index contributed by atoms with van der Waals surface area (Å²) < 4.78 is 15.3. The molecule has 0 aliphatic heterocycles. The first kappa shape index (κ1) is 22.2. The number of carbonyl (C=O) groups excluding carboxylic acids is 2. The van der Waals surface area contributed by atoms with Gasteiger partial charge in [-0.3, -0.25) is 14.7 Å². The standard InChI is InChI=1S/C22H22ClN3O5/c1-29-17-7-14(8-18(10-17)30-2)12-26(13-21(27)31-3)22(28)20-11-19(24-25-20)15-5-4-6-16(23)9-15/h4-11H,12-13H2,1-3H3,(H,24,25). The molecule has 0 unspecified atom stereocenters. The van der Waals surface area contributed by atoms with Crippen molar-refractivity contribution in [3.05, 3.63) is 64.8 Å². The minimum atomic E-state index is -0.544. The maximum absolute atomic E-state index is 13.2. The predicted molar refractivity (Wildman–Crippen MR) is 115 cm³/mol. The summed E-state index contributed by atoms with van der Waals surface area (Å²) in [6.07, 6.45) is 0. The lowest BCUT2D eigenvalue weighted by atomic mass is 10.1. The van der Waals surface area contributed by atoms with E-state index in [4.69, 9.17) is 25.8 Å². The molecule has 1 amide bonds. The van der Waals surface area contributed by atoms with E-state index in [0.717, 1.165) is 11.1 Å². The van der Waals surface area contributed by atoms with Gasteiger partial charge < -0.3 is 19.1 Å². The average Bonchev–Trinajstić information content (AvgIpc) is 3.28. The molecule has 3 rings (SSSR count). The Labute approximate surface area is 184 Å². The van der Waals surface area contributed by atoms with Crippen LogP contribution in [0.25, 0.3) is 11.3 Å². The normalized spacial score (nSPS) is 10.5. The van der Waals surface area contributed by atoms with E-state index < -0.39 is 11.9 Å². The van der Waals surface area contributed by atoms with E-state index in [1.807, 2.05) is 6.07 Å². The maximum Gasteiger partial charge on any atom is 0.325 e. The van der Waals surface area contributed by atoms with Crippen molar-refractivity contribution in [2.45, 2.75) is 6.54 Å². The van der Waals surface area contributed by atoms with E-state index >= 15 is 0 Å². The van der Waals surface area contributed by atoms with Gasteiger partial charge in [-0.1, -0.05) is 23.7 Å². The van der Waals surface area contributed by atoms with Gasteiger partial charge in [-0.25, -0.2) is 0 Å². The number of ether oxygens (including phenoxy) is 3. The SMILES string of the molecule is COC(=O)CN(Cc1cc(OC)cc(OC)c1)C(=O)c1cc(-c2cccc(Cl)c2)n[nH]1. The van der Waals surface area contributed by atoms with Crippen molar-refractivity contribution < 1.29 is 23.8 Å². The Morgan fingerprint density at radius 1 is 1.03 bits per heavy atom. The molecule has 0 fully saturated rings. The number of amides is 1. The molecule has 1 heterocycles. The minimum Gasteiger partial charge on any atom is -0.497 e. The fourth-order valence-electron chi connectivity index (χ4n) is 3.00. The molecule has 3 aromatic rings. The molecule has 9 heteroatoms. The molecule has 0 atom stereocenters. The topological polar surface area (TPSA) is 93.8 Å². The van der Waals surface area contributed by atoms with Crippen LogP contribution in [0.5, 0.6) is 11.5 Å². The zero-order valence-corrected chi connectivity index (χ0v) is 18.1. The first-order chi connectivity index (χ1) is 14.9. The fraction of sp³-hybridized carbons (Fsp3) is 0.227. The number of aromatic nitrogens is 2. The van der Waals surface area contributed by atoms with Gasteiger partial charge in [-0.15, -0.1) is 0 Å². The average molecular weight is 444 g/mol. The summed E-state index contributed by atoms with van der Waals surface area (Å²) in [4.78, 5) is 26.5. The lowest BCUT2D eigenvalue weighted by Gasteiger charge is -2.21. The van der Waals surface area contributed by atoms with Crippen LogP contribution >= 0.6 is 11.6 Å². The highest BCUT2D eigenvalue weighted by Gasteiger charge is 2.22. The Bertz CT molecular complexity index is 1060. The van der Waals surface area contributed by atoms with Gasteiger partial charge in [0.15, 0.2) is 0 Å². The van der Waals surface area contributed by atoms with Gasteiger partial charge in [0.2, 0.25) is 0 Å². The van der Waals surface area contributed by atoms with Crippen LogP contribution in [-0.2, 0) is 16.1 Å². The van der Waals surface area contributed by atoms with Crippen LogP contribution in [0.4, 0.5) is 0 Å². The van der Waals surface area contributed by atoms with Crippen molar-refractivity contribution in [3.8, 4) is 22.8 Å². The molecular formula is C22H22ClN3O5. The Balaban J connectivity index is 1.88. The van der Waals surface area contributed by atoms with E-state index in [2.05, 4.69) is 10.2 Å². The Morgan fingerprint density at radius 3 is 2.35 bits per heavy atom. The van der Waals surface area contributed by atoms with Crippen molar-refractivity contribution in [1.29, 1.82) is 0 Å². The smallest absolute Gasteiger partial charge is 0.325 e. The number of hydrogen-bond acceptors (Lipinski definition) is 6. The highest BCUT2D eigenvalue weighted by atomic mass is 35.5. The third-order valence-corrected chi connectivity index (χ3v) is 4.78. The van der Waals surface area contributed by atoms with Gasteiger partial charge in [0, 0.05) is 23.2 Å². The molecular weight excluding hydrogens is 422 g/mol. The number of rotatable bonds is 8. The number of benzene rings is 2. The van der Waals surface area contributed by atoms with Gasteiger partial charge in [-0.2, -0.15) is 5.10 Å². The van der Waals surface area contributed by atoms with E-state index in [-0.39, 0.29) is 18.8 Å². The number of esters is 1. The van der Waals surface area contributed by atoms with Crippen molar-refractivity contribution in [3.63, 3.8) is 0 Å². The first-order valence-corrected chi connectivity index (χ1v) is 9.70. The van der Waals surface area contributed by atoms with Gasteiger partial charge in [0.1, 0.15) is 23.7 Å². The zero-order valence-electron chi connectivity index (χ0n) is 17.3. The van der Waals surface area contributed by atoms with Gasteiger partial charge in [0.05, 0.1) is 27.0 Å². The lowest BCUT2D eigenvalue weighted by Crippen LogP contribution is -2.36. The van der Waals surface area contributed by atoms with E-state index in [0.29, 0.717) is 22.2 Å². The first-order valence-electron chi connectivity index (χ1n) is 9.33. The molecule has 0 spiro atoms. The number of nitrogens with one attached hydrogen (secondary N) is 1. The molecule has 0 radical (unpaired) electrons. The van der Waals surface area contributed by atoms with Gasteiger partial charge >= 0.3 is 5.97 Å². The summed E-state index contributed by atoms with van der Waals surface area (Å²) in [5.74, 6) is 0.194. The molecule has 1 aromatic heterocycles. The van der Waals surface area contributed by atoms with Gasteiger partial charge in [0.25, 0.3) is 5.91 Å². The number of aromatic amines is 1.